The fraction of sp³-hybridized carbons (Fsp3) is 0.957. The van der Waals surface area contributed by atoms with Gasteiger partial charge in [-0.3, -0.25) is 9.59 Å². The Balaban J connectivity index is 1.50. The second-order valence-corrected chi connectivity index (χ2v) is 26.8. The van der Waals surface area contributed by atoms with Crippen molar-refractivity contribution < 1.29 is 104 Å². The van der Waals surface area contributed by atoms with Gasteiger partial charge in [-0.05, 0) is 12.8 Å². The number of carboxylic acid groups (broad SMARTS) is 1. The Morgan fingerprint density at radius 1 is 0.522 bits per heavy atom. The molecule has 0 aromatic rings. The van der Waals surface area contributed by atoms with Crippen LogP contribution in [0.1, 0.15) is 284 Å². The Kier molecular flexibility index (Phi) is 45.7. The van der Waals surface area contributed by atoms with Gasteiger partial charge in [0.2, 0.25) is 11.8 Å². The molecule has 23 heteroatoms. The number of carbonyl (C=O) groups is 3. The first kappa shape index (κ1) is 84.0. The molecule has 18 unspecified atom stereocenters. The number of ether oxygens (including phenoxy) is 6. The highest BCUT2D eigenvalue weighted by atomic mass is 16.8. The van der Waals surface area contributed by atoms with Crippen molar-refractivity contribution >= 4 is 17.8 Å². The van der Waals surface area contributed by atoms with E-state index in [1.165, 1.54) is 186 Å². The normalized spacial score (nSPS) is 28.2. The summed E-state index contributed by atoms with van der Waals surface area (Å²) in [6.07, 6.45) is 18.5. The zero-order valence-corrected chi connectivity index (χ0v) is 56.7. The molecular weight excluding hydrogens is 1190 g/mol. The molecular formula is C69H130N2O21. The van der Waals surface area contributed by atoms with E-state index in [2.05, 4.69) is 24.5 Å². The van der Waals surface area contributed by atoms with E-state index in [9.17, 15) is 75.7 Å². The quantitative estimate of drug-likeness (QED) is 0.0266. The second-order valence-electron chi connectivity index (χ2n) is 26.8. The van der Waals surface area contributed by atoms with Crippen molar-refractivity contribution in [3.05, 3.63) is 0 Å². The fourth-order valence-corrected chi connectivity index (χ4v) is 13.0. The maximum absolute atomic E-state index is 13.5. The molecule has 14 N–H and O–H groups in total. The SMILES string of the molecule is CCCCCCCCCCCCCCCCCCCCCCCCCCCCCC(=O)NC(COC1OC(CO)C(OC2OC(CO)C(O)C(OC3(C(=O)O)CC(O)C(NC(C)=O)C(C(O)C(O)CO)O3)C2O)C(O)C1O)C(O)CCCCCCCCCCCCC. The van der Waals surface area contributed by atoms with Crippen LogP contribution in [0.25, 0.3) is 0 Å². The molecule has 542 valence electrons. The second kappa shape index (κ2) is 50.1. The summed E-state index contributed by atoms with van der Waals surface area (Å²) in [7, 11) is 0. The summed E-state index contributed by atoms with van der Waals surface area (Å²) in [6.45, 7) is 2.21. The first-order chi connectivity index (χ1) is 44.4. The lowest BCUT2D eigenvalue weighted by atomic mass is 9.88. The zero-order chi connectivity index (χ0) is 67.5. The van der Waals surface area contributed by atoms with Crippen LogP contribution in [0.5, 0.6) is 0 Å². The third-order valence-corrected chi connectivity index (χ3v) is 18.8. The number of aliphatic hydroxyl groups excluding tert-OH is 11. The summed E-state index contributed by atoms with van der Waals surface area (Å²) < 4.78 is 34.8. The Morgan fingerprint density at radius 3 is 1.36 bits per heavy atom. The van der Waals surface area contributed by atoms with Crippen LogP contribution in [0.2, 0.25) is 0 Å². The first-order valence-electron chi connectivity index (χ1n) is 36.4. The lowest BCUT2D eigenvalue weighted by Gasteiger charge is -2.50. The van der Waals surface area contributed by atoms with Crippen LogP contribution >= 0.6 is 0 Å². The number of nitrogens with one attached hydrogen (secondary N) is 2. The largest absolute Gasteiger partial charge is 0.477 e. The van der Waals surface area contributed by atoms with Gasteiger partial charge in [0.05, 0.1) is 50.7 Å². The number of aliphatic hydroxyl groups is 11. The minimum Gasteiger partial charge on any atom is -0.477 e. The molecule has 0 spiro atoms. The monoisotopic (exact) mass is 1320 g/mol. The molecule has 2 amide bonds. The molecule has 3 aliphatic heterocycles. The lowest BCUT2D eigenvalue weighted by Crippen LogP contribution is -2.70. The Labute approximate surface area is 550 Å². The van der Waals surface area contributed by atoms with Crippen molar-refractivity contribution in [3.63, 3.8) is 0 Å². The molecule has 3 aliphatic rings. The Morgan fingerprint density at radius 2 is 0.946 bits per heavy atom. The number of hydrogen-bond donors (Lipinski definition) is 14. The molecule has 0 radical (unpaired) electrons. The molecule has 3 rings (SSSR count). The van der Waals surface area contributed by atoms with Gasteiger partial charge in [-0.1, -0.05) is 251 Å². The van der Waals surface area contributed by atoms with Crippen molar-refractivity contribution in [2.75, 3.05) is 26.4 Å². The summed E-state index contributed by atoms with van der Waals surface area (Å²) >= 11 is 0. The van der Waals surface area contributed by atoms with E-state index in [1.807, 2.05) is 0 Å². The van der Waals surface area contributed by atoms with Gasteiger partial charge in [0.15, 0.2) is 12.6 Å². The maximum Gasteiger partial charge on any atom is 0.364 e. The van der Waals surface area contributed by atoms with Gasteiger partial charge >= 0.3 is 5.97 Å². The molecule has 0 bridgehead atoms. The van der Waals surface area contributed by atoms with Gasteiger partial charge < -0.3 is 100 Å². The number of hydrogen-bond acceptors (Lipinski definition) is 20. The lowest BCUT2D eigenvalue weighted by molar-refractivity contribution is -0.386. The van der Waals surface area contributed by atoms with Crippen LogP contribution in [0.15, 0.2) is 0 Å². The van der Waals surface area contributed by atoms with E-state index >= 15 is 0 Å². The fourth-order valence-electron chi connectivity index (χ4n) is 13.0. The summed E-state index contributed by atoms with van der Waals surface area (Å²) in [5.41, 5.74) is 0. The molecule has 3 saturated heterocycles. The highest BCUT2D eigenvalue weighted by Crippen LogP contribution is 2.39. The van der Waals surface area contributed by atoms with Gasteiger partial charge in [0.25, 0.3) is 5.79 Å². The number of amides is 2. The highest BCUT2D eigenvalue weighted by Gasteiger charge is 2.60. The minimum atomic E-state index is -3.08. The van der Waals surface area contributed by atoms with Crippen LogP contribution in [0.4, 0.5) is 0 Å². The predicted octanol–water partition coefficient (Wildman–Crippen LogP) is 7.29. The van der Waals surface area contributed by atoms with Crippen molar-refractivity contribution in [3.8, 4) is 0 Å². The molecule has 92 heavy (non-hydrogen) atoms. The smallest absolute Gasteiger partial charge is 0.364 e. The Hall–Kier alpha value is -2.27. The number of unbranched alkanes of at least 4 members (excludes halogenated alkanes) is 36. The van der Waals surface area contributed by atoms with Crippen molar-refractivity contribution in [1.29, 1.82) is 0 Å². The molecule has 23 nitrogen and oxygen atoms in total. The average molecular weight is 1320 g/mol. The van der Waals surface area contributed by atoms with E-state index in [-0.39, 0.29) is 18.9 Å². The van der Waals surface area contributed by atoms with Crippen LogP contribution in [0, 0.1) is 0 Å². The minimum absolute atomic E-state index is 0.229. The first-order valence-corrected chi connectivity index (χ1v) is 36.4. The van der Waals surface area contributed by atoms with Crippen molar-refractivity contribution in [1.82, 2.24) is 10.6 Å². The number of carboxylic acids is 1. The van der Waals surface area contributed by atoms with Gasteiger partial charge in [0, 0.05) is 19.8 Å². The summed E-state index contributed by atoms with van der Waals surface area (Å²) in [6, 6.07) is -2.52. The van der Waals surface area contributed by atoms with E-state index in [4.69, 9.17) is 28.4 Å². The number of carbonyl (C=O) groups excluding carboxylic acids is 2. The van der Waals surface area contributed by atoms with Crippen LogP contribution in [0.3, 0.4) is 0 Å². The average Bonchev–Trinajstić information content (AvgIpc) is 0.771. The molecule has 0 aromatic carbocycles. The number of rotatable bonds is 56. The molecule has 0 aliphatic carbocycles. The van der Waals surface area contributed by atoms with Crippen molar-refractivity contribution in [2.45, 2.75) is 394 Å². The van der Waals surface area contributed by atoms with E-state index in [1.54, 1.807) is 0 Å². The third kappa shape index (κ3) is 31.9. The standard InChI is InChI=1S/C69H130N2O21/c1-4-6-8-10-12-14-16-17-18-19-20-21-22-23-24-25-26-27-28-29-30-31-33-35-37-39-41-43-56(79)71-50(51(76)42-40-38-36-34-32-15-13-11-9-7-5-2)48-87-66-61(83)60(82)63(55(47-74)89-66)90-67-62(84)65(59(81)54(46-73)88-67)92-69(68(85)86)44-52(77)57(70-49(3)75)64(91-69)58(80)53(78)45-72/h50-55,57-67,72-74,76-78,80-84H,4-48H2,1-3H3,(H,70,75)(H,71,79)(H,85,86). The predicted molar refractivity (Wildman–Crippen MR) is 348 cm³/mol. The van der Waals surface area contributed by atoms with Crippen molar-refractivity contribution in [2.24, 2.45) is 0 Å². The molecule has 3 fully saturated rings. The third-order valence-electron chi connectivity index (χ3n) is 18.8. The number of aliphatic carboxylic acids is 1. The van der Waals surface area contributed by atoms with E-state index in [0.29, 0.717) is 19.3 Å². The molecule has 0 saturated carbocycles. The molecule has 18 atom stereocenters. The van der Waals surface area contributed by atoms with Crippen LogP contribution in [-0.2, 0) is 42.8 Å². The summed E-state index contributed by atoms with van der Waals surface area (Å²) in [5, 5.41) is 136. The van der Waals surface area contributed by atoms with Gasteiger partial charge in [-0.15, -0.1) is 0 Å². The van der Waals surface area contributed by atoms with Gasteiger partial charge in [-0.25, -0.2) is 4.79 Å². The molecule has 3 heterocycles. The topological polar surface area (TPSA) is 373 Å². The Bertz CT molecular complexity index is 1860. The van der Waals surface area contributed by atoms with Crippen LogP contribution in [-0.4, -0.2) is 215 Å². The van der Waals surface area contributed by atoms with Crippen LogP contribution < -0.4 is 10.6 Å². The van der Waals surface area contributed by atoms with E-state index < -0.39 is 148 Å². The molecule has 0 aromatic heterocycles. The maximum atomic E-state index is 13.5. The zero-order valence-electron chi connectivity index (χ0n) is 56.7. The summed E-state index contributed by atoms with van der Waals surface area (Å²) in [5.74, 6) is -6.09. The van der Waals surface area contributed by atoms with E-state index in [0.717, 1.165) is 51.9 Å². The highest BCUT2D eigenvalue weighted by molar-refractivity contribution is 5.77. The van der Waals surface area contributed by atoms with Gasteiger partial charge in [-0.2, -0.15) is 0 Å². The van der Waals surface area contributed by atoms with Gasteiger partial charge in [0.1, 0.15) is 67.1 Å². The summed E-state index contributed by atoms with van der Waals surface area (Å²) in [4.78, 5) is 38.5.